The molecule has 2 rings (SSSR count). The first-order valence-electron chi connectivity index (χ1n) is 6.69. The minimum absolute atomic E-state index is 0.0555. The van der Waals surface area contributed by atoms with Gasteiger partial charge in [-0.05, 0) is 43.2 Å². The number of hydrogen-bond donors (Lipinski definition) is 1. The third kappa shape index (κ3) is 4.08. The van der Waals surface area contributed by atoms with Gasteiger partial charge < -0.3 is 10.1 Å². The largest absolute Gasteiger partial charge is 0.495 e. The molecule has 4 heteroatoms. The van der Waals surface area contributed by atoms with Crippen LogP contribution in [0.3, 0.4) is 0 Å². The first-order valence-corrected chi connectivity index (χ1v) is 7.48. The van der Waals surface area contributed by atoms with Crippen LogP contribution >= 0.6 is 15.9 Å². The molecule has 21 heavy (non-hydrogen) atoms. The molecule has 0 saturated heterocycles. The number of carbonyl (C=O) groups excluding carboxylic acids is 1. The van der Waals surface area contributed by atoms with Crippen LogP contribution < -0.4 is 10.1 Å². The molecule has 3 nitrogen and oxygen atoms in total. The number of amides is 1. The summed E-state index contributed by atoms with van der Waals surface area (Å²) in [5.41, 5.74) is 3.99. The van der Waals surface area contributed by atoms with Gasteiger partial charge in [0.25, 0.3) is 0 Å². The van der Waals surface area contributed by atoms with E-state index >= 15 is 0 Å². The lowest BCUT2D eigenvalue weighted by atomic mass is 10.0. The molecule has 0 saturated carbocycles. The van der Waals surface area contributed by atoms with Gasteiger partial charge in [0.1, 0.15) is 5.75 Å². The standard InChI is InChI=1S/C17H18BrNO2/c1-11-4-5-12(2)13(8-11)9-17(20)19-15-10-14(18)6-7-16(15)21-3/h4-8,10H,9H2,1-3H3,(H,19,20). The summed E-state index contributed by atoms with van der Waals surface area (Å²) < 4.78 is 6.15. The summed E-state index contributed by atoms with van der Waals surface area (Å²) in [5, 5.41) is 2.90. The summed E-state index contributed by atoms with van der Waals surface area (Å²) in [6.07, 6.45) is 0.350. The second-order valence-electron chi connectivity index (χ2n) is 5.00. The summed E-state index contributed by atoms with van der Waals surface area (Å²) in [4.78, 5) is 12.2. The number of rotatable bonds is 4. The van der Waals surface area contributed by atoms with Gasteiger partial charge in [-0.3, -0.25) is 4.79 Å². The van der Waals surface area contributed by atoms with Gasteiger partial charge in [0, 0.05) is 4.47 Å². The lowest BCUT2D eigenvalue weighted by Crippen LogP contribution is -2.15. The Labute approximate surface area is 133 Å². The van der Waals surface area contributed by atoms with Crippen LogP contribution in [0.2, 0.25) is 0 Å². The van der Waals surface area contributed by atoms with Crippen molar-refractivity contribution in [2.24, 2.45) is 0 Å². The molecule has 0 aliphatic carbocycles. The third-order valence-corrected chi connectivity index (χ3v) is 3.78. The van der Waals surface area contributed by atoms with E-state index in [1.54, 1.807) is 7.11 Å². The van der Waals surface area contributed by atoms with Gasteiger partial charge >= 0.3 is 0 Å². The van der Waals surface area contributed by atoms with E-state index in [0.29, 0.717) is 17.9 Å². The Morgan fingerprint density at radius 3 is 2.67 bits per heavy atom. The van der Waals surface area contributed by atoms with Crippen molar-refractivity contribution in [3.8, 4) is 5.75 Å². The van der Waals surface area contributed by atoms with Crippen molar-refractivity contribution in [2.45, 2.75) is 20.3 Å². The number of methoxy groups -OCH3 is 1. The van der Waals surface area contributed by atoms with Crippen LogP contribution in [0.1, 0.15) is 16.7 Å². The van der Waals surface area contributed by atoms with Crippen molar-refractivity contribution in [3.63, 3.8) is 0 Å². The van der Waals surface area contributed by atoms with E-state index in [-0.39, 0.29) is 5.91 Å². The molecule has 110 valence electrons. The van der Waals surface area contributed by atoms with E-state index < -0.39 is 0 Å². The minimum atomic E-state index is -0.0555. The highest BCUT2D eigenvalue weighted by Crippen LogP contribution is 2.28. The number of carbonyl (C=O) groups is 1. The van der Waals surface area contributed by atoms with Crippen molar-refractivity contribution < 1.29 is 9.53 Å². The SMILES string of the molecule is COc1ccc(Br)cc1NC(=O)Cc1cc(C)ccc1C. The molecular formula is C17H18BrNO2. The van der Waals surface area contributed by atoms with Crippen molar-refractivity contribution in [1.29, 1.82) is 0 Å². The fraction of sp³-hybridized carbons (Fsp3) is 0.235. The second kappa shape index (κ2) is 6.76. The number of ether oxygens (including phenoxy) is 1. The van der Waals surface area contributed by atoms with Gasteiger partial charge in [0.05, 0.1) is 19.2 Å². The summed E-state index contributed by atoms with van der Waals surface area (Å²) in [6.45, 7) is 4.04. The van der Waals surface area contributed by atoms with Crippen LogP contribution in [0.4, 0.5) is 5.69 Å². The van der Waals surface area contributed by atoms with E-state index in [9.17, 15) is 4.79 Å². The molecule has 2 aromatic carbocycles. The smallest absolute Gasteiger partial charge is 0.228 e. The Morgan fingerprint density at radius 1 is 1.19 bits per heavy atom. The summed E-state index contributed by atoms with van der Waals surface area (Å²) in [6, 6.07) is 11.7. The van der Waals surface area contributed by atoms with Gasteiger partial charge in [0.15, 0.2) is 0 Å². The number of benzene rings is 2. The van der Waals surface area contributed by atoms with E-state index in [1.165, 1.54) is 0 Å². The highest BCUT2D eigenvalue weighted by molar-refractivity contribution is 9.10. The molecule has 0 heterocycles. The molecule has 1 amide bonds. The van der Waals surface area contributed by atoms with Gasteiger partial charge in [-0.25, -0.2) is 0 Å². The maximum atomic E-state index is 12.2. The summed E-state index contributed by atoms with van der Waals surface area (Å²) >= 11 is 3.40. The Hall–Kier alpha value is -1.81. The number of aryl methyl sites for hydroxylation is 2. The van der Waals surface area contributed by atoms with Gasteiger partial charge in [0.2, 0.25) is 5.91 Å². The van der Waals surface area contributed by atoms with Crippen LogP contribution in [0.25, 0.3) is 0 Å². The third-order valence-electron chi connectivity index (χ3n) is 3.29. The summed E-state index contributed by atoms with van der Waals surface area (Å²) in [5.74, 6) is 0.590. The summed E-state index contributed by atoms with van der Waals surface area (Å²) in [7, 11) is 1.59. The zero-order valence-electron chi connectivity index (χ0n) is 12.4. The zero-order valence-corrected chi connectivity index (χ0v) is 14.0. The molecule has 0 atom stereocenters. The normalized spacial score (nSPS) is 10.3. The molecule has 2 aromatic rings. The van der Waals surface area contributed by atoms with Crippen molar-refractivity contribution in [2.75, 3.05) is 12.4 Å². The Morgan fingerprint density at radius 2 is 1.95 bits per heavy atom. The predicted octanol–water partition coefficient (Wildman–Crippen LogP) is 4.26. The maximum Gasteiger partial charge on any atom is 0.228 e. The lowest BCUT2D eigenvalue weighted by Gasteiger charge is -2.12. The number of hydrogen-bond acceptors (Lipinski definition) is 2. The lowest BCUT2D eigenvalue weighted by molar-refractivity contribution is -0.115. The number of nitrogens with one attached hydrogen (secondary N) is 1. The molecule has 1 N–H and O–H groups in total. The van der Waals surface area contributed by atoms with E-state index in [2.05, 4.69) is 21.2 Å². The molecular weight excluding hydrogens is 330 g/mol. The van der Waals surface area contributed by atoms with Crippen LogP contribution in [0.5, 0.6) is 5.75 Å². The Bertz CT molecular complexity index is 668. The van der Waals surface area contributed by atoms with Gasteiger partial charge in [-0.1, -0.05) is 39.7 Å². The number of anilines is 1. The van der Waals surface area contributed by atoms with Crippen LogP contribution in [-0.4, -0.2) is 13.0 Å². The predicted molar refractivity (Wildman–Crippen MR) is 88.9 cm³/mol. The molecule has 0 radical (unpaired) electrons. The van der Waals surface area contributed by atoms with Gasteiger partial charge in [-0.15, -0.1) is 0 Å². The molecule has 0 aliphatic rings. The molecule has 0 aliphatic heterocycles. The average Bonchev–Trinajstić information content (AvgIpc) is 2.43. The maximum absolute atomic E-state index is 12.2. The quantitative estimate of drug-likeness (QED) is 0.897. The molecule has 0 bridgehead atoms. The van der Waals surface area contributed by atoms with E-state index in [4.69, 9.17) is 4.74 Å². The van der Waals surface area contributed by atoms with E-state index in [0.717, 1.165) is 21.2 Å². The topological polar surface area (TPSA) is 38.3 Å². The fourth-order valence-corrected chi connectivity index (χ4v) is 2.50. The van der Waals surface area contributed by atoms with Crippen LogP contribution in [-0.2, 0) is 11.2 Å². The monoisotopic (exact) mass is 347 g/mol. The fourth-order valence-electron chi connectivity index (χ4n) is 2.14. The van der Waals surface area contributed by atoms with Crippen molar-refractivity contribution in [3.05, 3.63) is 57.6 Å². The Balaban J connectivity index is 2.15. The first kappa shape index (κ1) is 15.6. The molecule has 0 spiro atoms. The Kier molecular flexibility index (Phi) is 5.02. The zero-order chi connectivity index (χ0) is 15.4. The molecule has 0 unspecified atom stereocenters. The van der Waals surface area contributed by atoms with Crippen molar-refractivity contribution >= 4 is 27.5 Å². The molecule has 0 aromatic heterocycles. The van der Waals surface area contributed by atoms with Gasteiger partial charge in [-0.2, -0.15) is 0 Å². The highest BCUT2D eigenvalue weighted by atomic mass is 79.9. The minimum Gasteiger partial charge on any atom is -0.495 e. The van der Waals surface area contributed by atoms with Crippen molar-refractivity contribution in [1.82, 2.24) is 0 Å². The molecule has 0 fully saturated rings. The van der Waals surface area contributed by atoms with Crippen LogP contribution in [0.15, 0.2) is 40.9 Å². The van der Waals surface area contributed by atoms with Crippen LogP contribution in [0, 0.1) is 13.8 Å². The first-order chi connectivity index (χ1) is 9.99. The number of halogens is 1. The second-order valence-corrected chi connectivity index (χ2v) is 5.92. The van der Waals surface area contributed by atoms with E-state index in [1.807, 2.05) is 50.2 Å². The average molecular weight is 348 g/mol. The highest BCUT2D eigenvalue weighted by Gasteiger charge is 2.10.